The normalized spacial score (nSPS) is 25.6. The summed E-state index contributed by atoms with van der Waals surface area (Å²) >= 11 is 0. The molecule has 1 fully saturated rings. The van der Waals surface area contributed by atoms with E-state index in [-0.39, 0.29) is 13.0 Å². The van der Waals surface area contributed by atoms with Gasteiger partial charge in [-0.2, -0.15) is 0 Å². The van der Waals surface area contributed by atoms with E-state index in [9.17, 15) is 25.2 Å². The summed E-state index contributed by atoms with van der Waals surface area (Å²) in [4.78, 5) is 22.2. The van der Waals surface area contributed by atoms with Crippen LogP contribution < -0.4 is 5.32 Å². The molecule has 33 heavy (non-hydrogen) atoms. The second kappa shape index (κ2) is 8.65. The molecular weight excluding hydrogens is 428 g/mol. The summed E-state index contributed by atoms with van der Waals surface area (Å²) < 4.78 is 7.02. The molecule has 2 aromatic carbocycles. The highest BCUT2D eigenvalue weighted by Crippen LogP contribution is 2.28. The van der Waals surface area contributed by atoms with Crippen molar-refractivity contribution in [2.24, 2.45) is 0 Å². The Balaban J connectivity index is 1.40. The summed E-state index contributed by atoms with van der Waals surface area (Å²) in [5, 5.41) is 43.0. The topological polar surface area (TPSA) is 150 Å². The number of aliphatic hydroxyl groups excluding tert-OH is 4. The Bertz CT molecular complexity index is 1320. The molecule has 1 aliphatic heterocycles. The molecule has 0 aliphatic carbocycles. The molecule has 1 saturated heterocycles. The molecule has 0 spiro atoms. The van der Waals surface area contributed by atoms with Crippen LogP contribution >= 0.6 is 0 Å². The number of hydrogen-bond donors (Lipinski definition) is 5. The predicted octanol–water partition coefficient (Wildman–Crippen LogP) is 0.0439. The Morgan fingerprint density at radius 1 is 1.00 bits per heavy atom. The molecule has 5 atom stereocenters. The molecule has 0 bridgehead atoms. The summed E-state index contributed by atoms with van der Waals surface area (Å²) in [6.45, 7) is -0.288. The molecule has 1 aliphatic rings. The number of nitrogens with one attached hydrogen (secondary N) is 1. The van der Waals surface area contributed by atoms with Gasteiger partial charge in [-0.25, -0.2) is 9.97 Å². The van der Waals surface area contributed by atoms with Crippen molar-refractivity contribution in [2.75, 3.05) is 6.61 Å². The van der Waals surface area contributed by atoms with Crippen molar-refractivity contribution >= 4 is 39.0 Å². The fraction of sp³-hybridized carbons (Fsp3) is 0.348. The number of ether oxygens (including phenoxy) is 1. The van der Waals surface area contributed by atoms with Crippen LogP contribution in [0.1, 0.15) is 6.42 Å². The highest BCUT2D eigenvalue weighted by Gasteiger charge is 2.44. The zero-order chi connectivity index (χ0) is 23.1. The fourth-order valence-electron chi connectivity index (χ4n) is 4.33. The first-order valence-corrected chi connectivity index (χ1v) is 10.7. The number of amides is 1. The van der Waals surface area contributed by atoms with Crippen molar-refractivity contribution in [2.45, 2.75) is 43.6 Å². The number of benzene rings is 2. The first-order chi connectivity index (χ1) is 16.0. The standard InChI is InChI=1S/C23H24N4O6/c28-11-16-20(30)21(31)19(23(32)33-16)26-17(29)9-10-27-15-8-4-1-5-12(15)18-22(27)25-14-7-3-2-6-13(14)24-18/h1-8,16,19-21,23,28,30-32H,9-11H2,(H,26,29)/t16-,19?,20?,21-,23?/m1/s1. The third-order valence-electron chi connectivity index (χ3n) is 6.05. The molecule has 10 nitrogen and oxygen atoms in total. The average Bonchev–Trinajstić information content (AvgIpc) is 3.13. The van der Waals surface area contributed by atoms with Crippen molar-refractivity contribution in [1.82, 2.24) is 19.9 Å². The van der Waals surface area contributed by atoms with Crippen LogP contribution in [0.2, 0.25) is 0 Å². The number of carbonyl (C=O) groups is 1. The minimum Gasteiger partial charge on any atom is -0.394 e. The van der Waals surface area contributed by atoms with Gasteiger partial charge in [0.05, 0.1) is 23.2 Å². The number of aryl methyl sites for hydroxylation is 1. The van der Waals surface area contributed by atoms with Crippen LogP contribution in [-0.2, 0) is 16.1 Å². The largest absolute Gasteiger partial charge is 0.394 e. The molecule has 3 unspecified atom stereocenters. The second-order valence-corrected chi connectivity index (χ2v) is 8.13. The number of fused-ring (bicyclic) bond motifs is 4. The van der Waals surface area contributed by atoms with Gasteiger partial charge in [-0.1, -0.05) is 30.3 Å². The molecule has 10 heteroatoms. The maximum atomic E-state index is 12.7. The van der Waals surface area contributed by atoms with Crippen molar-refractivity contribution in [3.05, 3.63) is 48.5 Å². The van der Waals surface area contributed by atoms with Crippen molar-refractivity contribution in [3.63, 3.8) is 0 Å². The van der Waals surface area contributed by atoms with Gasteiger partial charge in [0.2, 0.25) is 5.91 Å². The summed E-state index contributed by atoms with van der Waals surface area (Å²) in [5.41, 5.74) is 3.82. The van der Waals surface area contributed by atoms with E-state index in [1.165, 1.54) is 0 Å². The van der Waals surface area contributed by atoms with Crippen LogP contribution in [0, 0.1) is 0 Å². The molecular formula is C23H24N4O6. The zero-order valence-corrected chi connectivity index (χ0v) is 17.6. The van der Waals surface area contributed by atoms with Gasteiger partial charge in [-0.05, 0) is 18.2 Å². The van der Waals surface area contributed by atoms with Crippen LogP contribution in [-0.4, -0.2) is 78.1 Å². The van der Waals surface area contributed by atoms with Crippen LogP contribution in [0.3, 0.4) is 0 Å². The predicted molar refractivity (Wildman–Crippen MR) is 119 cm³/mol. The number of hydrogen-bond acceptors (Lipinski definition) is 8. The summed E-state index contributed by atoms with van der Waals surface area (Å²) in [6, 6.07) is 14.1. The third kappa shape index (κ3) is 3.81. The zero-order valence-electron chi connectivity index (χ0n) is 17.6. The van der Waals surface area contributed by atoms with Gasteiger partial charge in [-0.3, -0.25) is 4.79 Å². The number of aliphatic hydroxyl groups is 4. The number of aromatic nitrogens is 3. The number of para-hydroxylation sites is 3. The molecule has 0 radical (unpaired) electrons. The van der Waals surface area contributed by atoms with Crippen molar-refractivity contribution in [1.29, 1.82) is 0 Å². The quantitative estimate of drug-likeness (QED) is 0.285. The monoisotopic (exact) mass is 452 g/mol. The van der Waals surface area contributed by atoms with Gasteiger partial charge in [0.25, 0.3) is 0 Å². The average molecular weight is 452 g/mol. The van der Waals surface area contributed by atoms with E-state index in [1.54, 1.807) is 0 Å². The smallest absolute Gasteiger partial charge is 0.222 e. The molecule has 4 aromatic rings. The van der Waals surface area contributed by atoms with E-state index >= 15 is 0 Å². The van der Waals surface area contributed by atoms with Crippen molar-refractivity contribution < 1.29 is 30.0 Å². The van der Waals surface area contributed by atoms with Crippen LogP contribution in [0.25, 0.3) is 33.1 Å². The molecule has 0 saturated carbocycles. The minimum atomic E-state index is -1.56. The van der Waals surface area contributed by atoms with Crippen LogP contribution in [0.15, 0.2) is 48.5 Å². The summed E-state index contributed by atoms with van der Waals surface area (Å²) in [5.74, 6) is -0.448. The lowest BCUT2D eigenvalue weighted by molar-refractivity contribution is -0.253. The Kier molecular flexibility index (Phi) is 5.69. The SMILES string of the molecule is O=C(CCn1c2ccccc2c2nc3ccccc3nc21)NC1C(O)O[C@H](CO)C(O)[C@@H]1O. The fourth-order valence-corrected chi connectivity index (χ4v) is 4.33. The molecule has 2 aromatic heterocycles. The Hall–Kier alpha value is -3.15. The maximum absolute atomic E-state index is 12.7. The van der Waals surface area contributed by atoms with Gasteiger partial charge >= 0.3 is 0 Å². The van der Waals surface area contributed by atoms with E-state index in [2.05, 4.69) is 5.32 Å². The van der Waals surface area contributed by atoms with Gasteiger partial charge in [0, 0.05) is 18.4 Å². The highest BCUT2D eigenvalue weighted by atomic mass is 16.6. The van der Waals surface area contributed by atoms with Gasteiger partial charge in [-0.15, -0.1) is 0 Å². The second-order valence-electron chi connectivity index (χ2n) is 8.13. The lowest BCUT2D eigenvalue weighted by Gasteiger charge is -2.40. The number of carbonyl (C=O) groups excluding carboxylic acids is 1. The molecule has 5 N–H and O–H groups in total. The van der Waals surface area contributed by atoms with Crippen LogP contribution in [0.4, 0.5) is 0 Å². The molecule has 3 heterocycles. The Labute approximate surface area is 188 Å². The van der Waals surface area contributed by atoms with Gasteiger partial charge < -0.3 is 35.0 Å². The minimum absolute atomic E-state index is 0.0255. The van der Waals surface area contributed by atoms with Gasteiger partial charge in [0.1, 0.15) is 29.9 Å². The van der Waals surface area contributed by atoms with E-state index < -0.39 is 43.2 Å². The summed E-state index contributed by atoms with van der Waals surface area (Å²) in [6.07, 6.45) is -5.59. The molecule has 172 valence electrons. The lowest BCUT2D eigenvalue weighted by Crippen LogP contribution is -2.64. The lowest BCUT2D eigenvalue weighted by atomic mass is 9.97. The van der Waals surface area contributed by atoms with Crippen LogP contribution in [0.5, 0.6) is 0 Å². The van der Waals surface area contributed by atoms with E-state index in [4.69, 9.17) is 14.7 Å². The molecule has 1 amide bonds. The van der Waals surface area contributed by atoms with Crippen molar-refractivity contribution in [3.8, 4) is 0 Å². The van der Waals surface area contributed by atoms with E-state index in [0.717, 1.165) is 27.5 Å². The maximum Gasteiger partial charge on any atom is 0.222 e. The highest BCUT2D eigenvalue weighted by molar-refractivity contribution is 6.06. The summed E-state index contributed by atoms with van der Waals surface area (Å²) in [7, 11) is 0. The van der Waals surface area contributed by atoms with E-state index in [0.29, 0.717) is 5.65 Å². The number of nitrogens with zero attached hydrogens (tertiary/aromatic N) is 3. The Morgan fingerprint density at radius 3 is 2.45 bits per heavy atom. The van der Waals surface area contributed by atoms with E-state index in [1.807, 2.05) is 53.1 Å². The number of rotatable bonds is 5. The third-order valence-corrected chi connectivity index (χ3v) is 6.05. The Morgan fingerprint density at radius 2 is 1.70 bits per heavy atom. The molecule has 5 rings (SSSR count). The van der Waals surface area contributed by atoms with Gasteiger partial charge in [0.15, 0.2) is 11.9 Å². The first-order valence-electron chi connectivity index (χ1n) is 10.7. The first kappa shape index (κ1) is 21.7.